The lowest BCUT2D eigenvalue weighted by Gasteiger charge is -2.34. The highest BCUT2D eigenvalue weighted by Crippen LogP contribution is 2.24. The fourth-order valence-corrected chi connectivity index (χ4v) is 3.09. The van der Waals surface area contributed by atoms with Crippen LogP contribution in [0.2, 0.25) is 0 Å². The number of hydrogen-bond acceptors (Lipinski definition) is 3. The molecule has 0 spiro atoms. The predicted molar refractivity (Wildman–Crippen MR) is 78.8 cm³/mol. The minimum atomic E-state index is 0. The minimum absolute atomic E-state index is 0. The van der Waals surface area contributed by atoms with Crippen molar-refractivity contribution >= 4 is 29.7 Å². The molecule has 5 heteroatoms. The summed E-state index contributed by atoms with van der Waals surface area (Å²) in [6.45, 7) is 7.08. The molecule has 2 N–H and O–H groups in total. The van der Waals surface area contributed by atoms with Crippen LogP contribution in [0.5, 0.6) is 0 Å². The summed E-state index contributed by atoms with van der Waals surface area (Å²) in [7, 11) is 0. The molecule has 1 amide bonds. The van der Waals surface area contributed by atoms with Crippen molar-refractivity contribution in [3.63, 3.8) is 0 Å². The highest BCUT2D eigenvalue weighted by Gasteiger charge is 2.27. The molecule has 0 bridgehead atoms. The van der Waals surface area contributed by atoms with Crippen molar-refractivity contribution in [3.05, 3.63) is 21.9 Å². The van der Waals surface area contributed by atoms with Crippen molar-refractivity contribution in [1.82, 2.24) is 10.6 Å². The first-order chi connectivity index (χ1) is 8.11. The van der Waals surface area contributed by atoms with Gasteiger partial charge in [-0.25, -0.2) is 0 Å². The number of aryl methyl sites for hydroxylation is 1. The van der Waals surface area contributed by atoms with E-state index in [4.69, 9.17) is 0 Å². The monoisotopic (exact) mass is 288 g/mol. The highest BCUT2D eigenvalue weighted by molar-refractivity contribution is 7.12. The molecule has 2 rings (SSSR count). The fraction of sp³-hybridized carbons (Fsp3) is 0.615. The fourth-order valence-electron chi connectivity index (χ4n) is 2.25. The second-order valence-electron chi connectivity index (χ2n) is 5.21. The van der Waals surface area contributed by atoms with Gasteiger partial charge in [-0.1, -0.05) is 6.92 Å². The zero-order valence-corrected chi connectivity index (χ0v) is 12.5. The van der Waals surface area contributed by atoms with Crippen molar-refractivity contribution in [1.29, 1.82) is 0 Å². The van der Waals surface area contributed by atoms with E-state index in [1.54, 1.807) is 0 Å². The Kier molecular flexibility index (Phi) is 5.63. The summed E-state index contributed by atoms with van der Waals surface area (Å²) in [5.74, 6) is 0.0734. The summed E-state index contributed by atoms with van der Waals surface area (Å²) in [5.41, 5.74) is 1.28. The molecule has 18 heavy (non-hydrogen) atoms. The third-order valence-electron chi connectivity index (χ3n) is 3.43. The molecule has 0 radical (unpaired) electrons. The van der Waals surface area contributed by atoms with Gasteiger partial charge in [0.2, 0.25) is 0 Å². The maximum absolute atomic E-state index is 12.0. The van der Waals surface area contributed by atoms with E-state index in [1.807, 2.05) is 18.4 Å². The van der Waals surface area contributed by atoms with Gasteiger partial charge in [0.05, 0.1) is 4.88 Å². The third kappa shape index (κ3) is 3.70. The Hall–Kier alpha value is -0.580. The summed E-state index contributed by atoms with van der Waals surface area (Å²) in [6, 6.07) is 1.99. The van der Waals surface area contributed by atoms with Crippen LogP contribution < -0.4 is 10.6 Å². The van der Waals surface area contributed by atoms with Gasteiger partial charge < -0.3 is 10.6 Å². The van der Waals surface area contributed by atoms with Crippen molar-refractivity contribution in [3.8, 4) is 0 Å². The molecular weight excluding hydrogens is 268 g/mol. The smallest absolute Gasteiger partial charge is 0.261 e. The maximum Gasteiger partial charge on any atom is 0.261 e. The van der Waals surface area contributed by atoms with E-state index in [0.29, 0.717) is 0 Å². The number of amides is 1. The van der Waals surface area contributed by atoms with E-state index in [-0.39, 0.29) is 23.7 Å². The number of nitrogens with one attached hydrogen (secondary N) is 2. The van der Waals surface area contributed by atoms with Gasteiger partial charge in [-0.2, -0.15) is 0 Å². The van der Waals surface area contributed by atoms with Crippen LogP contribution in [0.15, 0.2) is 11.4 Å². The van der Waals surface area contributed by atoms with Gasteiger partial charge in [0.15, 0.2) is 0 Å². The van der Waals surface area contributed by atoms with Crippen LogP contribution in [0.3, 0.4) is 0 Å². The maximum atomic E-state index is 12.0. The summed E-state index contributed by atoms with van der Waals surface area (Å²) in [6.07, 6.45) is 2.38. The quantitative estimate of drug-likeness (QED) is 0.898. The lowest BCUT2D eigenvalue weighted by atomic mass is 9.83. The summed E-state index contributed by atoms with van der Waals surface area (Å²) >= 11 is 1.52. The molecule has 1 atom stereocenters. The Morgan fingerprint density at radius 1 is 1.61 bits per heavy atom. The van der Waals surface area contributed by atoms with Gasteiger partial charge in [0.1, 0.15) is 0 Å². The summed E-state index contributed by atoms with van der Waals surface area (Å²) in [4.78, 5) is 12.8. The van der Waals surface area contributed by atoms with Gasteiger partial charge >= 0.3 is 0 Å². The van der Waals surface area contributed by atoms with E-state index < -0.39 is 0 Å². The molecule has 1 aliphatic heterocycles. The number of rotatable bonds is 3. The first-order valence-electron chi connectivity index (χ1n) is 6.14. The number of thiophene rings is 1. The van der Waals surface area contributed by atoms with Crippen molar-refractivity contribution < 1.29 is 4.79 Å². The topological polar surface area (TPSA) is 41.1 Å². The van der Waals surface area contributed by atoms with E-state index in [9.17, 15) is 4.79 Å². The number of carbonyl (C=O) groups is 1. The second-order valence-corrected chi connectivity index (χ2v) is 6.12. The van der Waals surface area contributed by atoms with Crippen molar-refractivity contribution in [2.24, 2.45) is 5.41 Å². The standard InChI is InChI=1S/C13H20N2OS.ClH/c1-10-4-7-17-11(10)12(16)15-9-13(2)5-3-6-14-8-13;/h4,7,14H,3,5-6,8-9H2,1-2H3,(H,15,16);1H. The lowest BCUT2D eigenvalue weighted by molar-refractivity contribution is 0.0928. The van der Waals surface area contributed by atoms with E-state index in [2.05, 4.69) is 17.6 Å². The van der Waals surface area contributed by atoms with Gasteiger partial charge in [-0.05, 0) is 48.7 Å². The third-order valence-corrected chi connectivity index (χ3v) is 4.44. The zero-order chi connectivity index (χ0) is 12.3. The van der Waals surface area contributed by atoms with Gasteiger partial charge in [-0.3, -0.25) is 4.79 Å². The Morgan fingerprint density at radius 2 is 2.39 bits per heavy atom. The van der Waals surface area contributed by atoms with Gasteiger partial charge in [0, 0.05) is 13.1 Å². The largest absolute Gasteiger partial charge is 0.351 e. The molecule has 1 aliphatic rings. The summed E-state index contributed by atoms with van der Waals surface area (Å²) < 4.78 is 0. The number of piperidine rings is 1. The molecule has 1 aromatic rings. The molecule has 3 nitrogen and oxygen atoms in total. The summed E-state index contributed by atoms with van der Waals surface area (Å²) in [5, 5.41) is 8.43. The molecule has 2 heterocycles. The average molecular weight is 289 g/mol. The molecule has 102 valence electrons. The van der Waals surface area contributed by atoms with Gasteiger partial charge in [-0.15, -0.1) is 23.7 Å². The Balaban J connectivity index is 0.00000162. The van der Waals surface area contributed by atoms with E-state index in [1.165, 1.54) is 24.2 Å². The molecule has 0 saturated carbocycles. The van der Waals surface area contributed by atoms with Crippen LogP contribution >= 0.6 is 23.7 Å². The SMILES string of the molecule is Cc1ccsc1C(=O)NCC1(C)CCCNC1.Cl. The normalized spacial score (nSPS) is 23.2. The molecule has 0 aromatic carbocycles. The molecule has 1 unspecified atom stereocenters. The van der Waals surface area contributed by atoms with E-state index in [0.717, 1.165) is 30.1 Å². The number of hydrogen-bond donors (Lipinski definition) is 2. The molecule has 0 aliphatic carbocycles. The Bertz CT molecular complexity index is 399. The molecular formula is C13H21ClN2OS. The van der Waals surface area contributed by atoms with E-state index >= 15 is 0 Å². The molecule has 1 fully saturated rings. The van der Waals surface area contributed by atoms with Gasteiger partial charge in [0.25, 0.3) is 5.91 Å². The van der Waals surface area contributed by atoms with Crippen LogP contribution in [0.25, 0.3) is 0 Å². The zero-order valence-electron chi connectivity index (χ0n) is 10.9. The Labute approximate surface area is 119 Å². The van der Waals surface area contributed by atoms with Crippen LogP contribution in [0.1, 0.15) is 35.0 Å². The van der Waals surface area contributed by atoms with Crippen LogP contribution in [0, 0.1) is 12.3 Å². The number of carbonyl (C=O) groups excluding carboxylic acids is 1. The van der Waals surface area contributed by atoms with Crippen molar-refractivity contribution in [2.75, 3.05) is 19.6 Å². The average Bonchev–Trinajstić information content (AvgIpc) is 2.74. The Morgan fingerprint density at radius 3 is 2.94 bits per heavy atom. The van der Waals surface area contributed by atoms with Crippen LogP contribution in [-0.4, -0.2) is 25.5 Å². The minimum Gasteiger partial charge on any atom is -0.351 e. The van der Waals surface area contributed by atoms with Crippen molar-refractivity contribution in [2.45, 2.75) is 26.7 Å². The first-order valence-corrected chi connectivity index (χ1v) is 7.02. The van der Waals surface area contributed by atoms with Crippen LogP contribution in [-0.2, 0) is 0 Å². The molecule has 1 saturated heterocycles. The van der Waals surface area contributed by atoms with Crippen LogP contribution in [0.4, 0.5) is 0 Å². The number of halogens is 1. The first kappa shape index (κ1) is 15.5. The lowest BCUT2D eigenvalue weighted by Crippen LogP contribution is -2.45. The second kappa shape index (κ2) is 6.55. The highest BCUT2D eigenvalue weighted by atomic mass is 35.5. The predicted octanol–water partition coefficient (Wildman–Crippen LogP) is 2.60. The molecule has 1 aromatic heterocycles.